The molecule has 1 aliphatic carbocycles. The summed E-state index contributed by atoms with van der Waals surface area (Å²) in [4.78, 5) is 0. The van der Waals surface area contributed by atoms with Gasteiger partial charge < -0.3 is 10.4 Å². The molecule has 2 atom stereocenters. The Kier molecular flexibility index (Phi) is 3.71. The van der Waals surface area contributed by atoms with Crippen LogP contribution in [0.5, 0.6) is 5.75 Å². The minimum Gasteiger partial charge on any atom is -0.508 e. The number of hydrogen-bond donors (Lipinski definition) is 2. The molecule has 0 fully saturated rings. The Labute approximate surface area is 103 Å². The average Bonchev–Trinajstić information content (AvgIpc) is 2.29. The first kappa shape index (κ1) is 12.0. The van der Waals surface area contributed by atoms with E-state index in [4.69, 9.17) is 6.42 Å². The molecule has 17 heavy (non-hydrogen) atoms. The lowest BCUT2D eigenvalue weighted by Gasteiger charge is -2.29. The van der Waals surface area contributed by atoms with Crippen molar-refractivity contribution >= 4 is 0 Å². The highest BCUT2D eigenvalue weighted by Crippen LogP contribution is 2.32. The summed E-state index contributed by atoms with van der Waals surface area (Å²) in [6.45, 7) is 2.12. The monoisotopic (exact) mass is 229 g/mol. The van der Waals surface area contributed by atoms with Crippen LogP contribution in [0.4, 0.5) is 0 Å². The lowest BCUT2D eigenvalue weighted by atomic mass is 9.87. The van der Waals surface area contributed by atoms with E-state index in [2.05, 4.69) is 18.2 Å². The molecular weight excluding hydrogens is 210 g/mol. The lowest BCUT2D eigenvalue weighted by molar-refractivity contribution is 0.409. The zero-order valence-electron chi connectivity index (χ0n) is 10.2. The number of rotatable bonds is 3. The van der Waals surface area contributed by atoms with Gasteiger partial charge in [-0.1, -0.05) is 6.07 Å². The Morgan fingerprint density at radius 3 is 3.18 bits per heavy atom. The van der Waals surface area contributed by atoms with Gasteiger partial charge in [0, 0.05) is 18.5 Å². The third-order valence-corrected chi connectivity index (χ3v) is 3.35. The van der Waals surface area contributed by atoms with E-state index in [1.54, 1.807) is 6.07 Å². The number of nitrogens with one attached hydrogen (secondary N) is 1. The maximum atomic E-state index is 9.49. The van der Waals surface area contributed by atoms with Crippen LogP contribution >= 0.6 is 0 Å². The van der Waals surface area contributed by atoms with Crippen LogP contribution < -0.4 is 5.32 Å². The fraction of sp³-hybridized carbons (Fsp3) is 0.467. The van der Waals surface area contributed by atoms with Crippen LogP contribution in [0.3, 0.4) is 0 Å². The lowest BCUT2D eigenvalue weighted by Crippen LogP contribution is -2.32. The molecule has 2 rings (SSSR count). The maximum Gasteiger partial charge on any atom is 0.115 e. The summed E-state index contributed by atoms with van der Waals surface area (Å²) in [6.07, 6.45) is 9.45. The highest BCUT2D eigenvalue weighted by atomic mass is 16.3. The van der Waals surface area contributed by atoms with Crippen molar-refractivity contribution in [3.05, 3.63) is 29.3 Å². The van der Waals surface area contributed by atoms with Crippen molar-refractivity contribution in [2.45, 2.75) is 44.7 Å². The van der Waals surface area contributed by atoms with Crippen LogP contribution in [0.15, 0.2) is 18.2 Å². The molecule has 0 amide bonds. The molecular formula is C15H19NO. The van der Waals surface area contributed by atoms with Gasteiger partial charge in [0.05, 0.1) is 0 Å². The number of benzene rings is 1. The Morgan fingerprint density at radius 1 is 1.59 bits per heavy atom. The highest BCUT2D eigenvalue weighted by Gasteiger charge is 2.21. The molecule has 2 N–H and O–H groups in total. The summed E-state index contributed by atoms with van der Waals surface area (Å²) in [5.41, 5.74) is 2.58. The smallest absolute Gasteiger partial charge is 0.115 e. The van der Waals surface area contributed by atoms with Crippen LogP contribution in [0, 0.1) is 12.3 Å². The number of aryl methyl sites for hydroxylation is 1. The van der Waals surface area contributed by atoms with E-state index < -0.39 is 0 Å². The third-order valence-electron chi connectivity index (χ3n) is 3.35. The number of aromatic hydroxyl groups is 1. The summed E-state index contributed by atoms with van der Waals surface area (Å²) in [5.74, 6) is 3.05. The van der Waals surface area contributed by atoms with Gasteiger partial charge in [-0.05, 0) is 49.4 Å². The Hall–Kier alpha value is -1.46. The number of phenolic OH excluding ortho intramolecular Hbond substituents is 1. The standard InChI is InChI=1S/C15H19NO/c1-3-5-11(2)16-15-7-4-6-12-10-13(17)8-9-14(12)15/h1,8-11,15-17H,4-7H2,2H3. The third kappa shape index (κ3) is 2.81. The van der Waals surface area contributed by atoms with Crippen LogP contribution in [0.25, 0.3) is 0 Å². The van der Waals surface area contributed by atoms with E-state index in [0.717, 1.165) is 25.7 Å². The second-order valence-corrected chi connectivity index (χ2v) is 4.80. The van der Waals surface area contributed by atoms with Gasteiger partial charge >= 0.3 is 0 Å². The first-order valence-corrected chi connectivity index (χ1v) is 6.22. The molecule has 1 aromatic rings. The molecule has 0 aromatic heterocycles. The number of terminal acetylenes is 1. The number of phenols is 1. The predicted molar refractivity (Wildman–Crippen MR) is 69.8 cm³/mol. The first-order valence-electron chi connectivity index (χ1n) is 6.22. The van der Waals surface area contributed by atoms with Gasteiger partial charge in [0.25, 0.3) is 0 Å². The van der Waals surface area contributed by atoms with E-state index in [1.807, 2.05) is 12.1 Å². The van der Waals surface area contributed by atoms with E-state index >= 15 is 0 Å². The minimum atomic E-state index is 0.338. The van der Waals surface area contributed by atoms with Gasteiger partial charge in [-0.25, -0.2) is 0 Å². The molecule has 0 saturated heterocycles. The van der Waals surface area contributed by atoms with Crippen LogP contribution in [0.1, 0.15) is 43.4 Å². The summed E-state index contributed by atoms with van der Waals surface area (Å²) < 4.78 is 0. The van der Waals surface area contributed by atoms with Crippen molar-refractivity contribution < 1.29 is 5.11 Å². The van der Waals surface area contributed by atoms with Crippen LogP contribution in [-0.4, -0.2) is 11.1 Å². The Morgan fingerprint density at radius 2 is 2.41 bits per heavy atom. The van der Waals surface area contributed by atoms with E-state index in [9.17, 15) is 5.11 Å². The molecule has 0 spiro atoms. The minimum absolute atomic E-state index is 0.338. The van der Waals surface area contributed by atoms with Crippen molar-refractivity contribution in [1.82, 2.24) is 5.32 Å². The summed E-state index contributed by atoms with van der Waals surface area (Å²) in [6, 6.07) is 6.40. The molecule has 1 aromatic carbocycles. The molecule has 2 unspecified atom stereocenters. The van der Waals surface area contributed by atoms with Crippen LogP contribution in [0.2, 0.25) is 0 Å². The van der Waals surface area contributed by atoms with Gasteiger partial charge in [-0.15, -0.1) is 12.3 Å². The summed E-state index contributed by atoms with van der Waals surface area (Å²) in [7, 11) is 0. The Balaban J connectivity index is 2.15. The van der Waals surface area contributed by atoms with E-state index in [0.29, 0.717) is 17.8 Å². The van der Waals surface area contributed by atoms with E-state index in [-0.39, 0.29) is 0 Å². The fourth-order valence-corrected chi connectivity index (χ4v) is 2.55. The fourth-order valence-electron chi connectivity index (χ4n) is 2.55. The summed E-state index contributed by atoms with van der Waals surface area (Å²) in [5, 5.41) is 13.1. The molecule has 1 aliphatic rings. The topological polar surface area (TPSA) is 32.3 Å². The molecule has 2 heteroatoms. The molecule has 0 bridgehead atoms. The van der Waals surface area contributed by atoms with Gasteiger partial charge in [0.15, 0.2) is 0 Å². The zero-order chi connectivity index (χ0) is 12.3. The second-order valence-electron chi connectivity index (χ2n) is 4.80. The van der Waals surface area contributed by atoms with Gasteiger partial charge in [0.1, 0.15) is 5.75 Å². The number of fused-ring (bicyclic) bond motifs is 1. The summed E-state index contributed by atoms with van der Waals surface area (Å²) >= 11 is 0. The first-order chi connectivity index (χ1) is 8.20. The molecule has 0 aliphatic heterocycles. The molecule has 0 heterocycles. The van der Waals surface area contributed by atoms with Crippen molar-refractivity contribution in [3.63, 3.8) is 0 Å². The van der Waals surface area contributed by atoms with Crippen molar-refractivity contribution in [2.24, 2.45) is 0 Å². The van der Waals surface area contributed by atoms with Gasteiger partial charge in [0.2, 0.25) is 0 Å². The largest absolute Gasteiger partial charge is 0.508 e. The van der Waals surface area contributed by atoms with Crippen molar-refractivity contribution in [2.75, 3.05) is 0 Å². The van der Waals surface area contributed by atoms with E-state index in [1.165, 1.54) is 11.1 Å². The van der Waals surface area contributed by atoms with Crippen LogP contribution in [-0.2, 0) is 6.42 Å². The molecule has 0 radical (unpaired) electrons. The molecule has 90 valence electrons. The second kappa shape index (κ2) is 5.25. The van der Waals surface area contributed by atoms with Gasteiger partial charge in [-0.2, -0.15) is 0 Å². The zero-order valence-corrected chi connectivity index (χ0v) is 10.2. The normalized spacial score (nSPS) is 20.4. The SMILES string of the molecule is C#CCC(C)NC1CCCc2cc(O)ccc21. The highest BCUT2D eigenvalue weighted by molar-refractivity contribution is 5.38. The quantitative estimate of drug-likeness (QED) is 0.781. The maximum absolute atomic E-state index is 9.49. The van der Waals surface area contributed by atoms with Crippen molar-refractivity contribution in [1.29, 1.82) is 0 Å². The van der Waals surface area contributed by atoms with Crippen molar-refractivity contribution in [3.8, 4) is 18.1 Å². The average molecular weight is 229 g/mol. The predicted octanol–water partition coefficient (Wildman–Crippen LogP) is 2.77. The molecule has 2 nitrogen and oxygen atoms in total. The number of hydrogen-bond acceptors (Lipinski definition) is 2. The van der Waals surface area contributed by atoms with Gasteiger partial charge in [-0.3, -0.25) is 0 Å². The Bertz CT molecular complexity index is 433. The molecule has 0 saturated carbocycles.